The van der Waals surface area contributed by atoms with Crippen LogP contribution in [0, 0.1) is 6.92 Å². The van der Waals surface area contributed by atoms with Gasteiger partial charge in [-0.25, -0.2) is 9.97 Å². The number of aromatic nitrogens is 2. The van der Waals surface area contributed by atoms with Crippen LogP contribution in [0.25, 0.3) is 0 Å². The summed E-state index contributed by atoms with van der Waals surface area (Å²) in [7, 11) is 0. The maximum absolute atomic E-state index is 12.8. The first-order valence-corrected chi connectivity index (χ1v) is 9.11. The van der Waals surface area contributed by atoms with Crippen molar-refractivity contribution in [3.63, 3.8) is 0 Å². The first-order chi connectivity index (χ1) is 11.7. The Bertz CT molecular complexity index is 703. The molecule has 1 saturated heterocycles. The third-order valence-corrected chi connectivity index (χ3v) is 4.95. The Labute approximate surface area is 146 Å². The van der Waals surface area contributed by atoms with E-state index < -0.39 is 0 Å². The van der Waals surface area contributed by atoms with Crippen molar-refractivity contribution in [1.82, 2.24) is 14.9 Å². The third kappa shape index (κ3) is 3.67. The number of nitrogens with zero attached hydrogens (tertiary/aromatic N) is 4. The number of carbonyl (C=O) groups excluding carboxylic acids is 1. The highest BCUT2D eigenvalue weighted by molar-refractivity contribution is 7.13. The maximum atomic E-state index is 12.8. The van der Waals surface area contributed by atoms with Gasteiger partial charge in [-0.15, -0.1) is 11.3 Å². The van der Waals surface area contributed by atoms with Gasteiger partial charge < -0.3 is 14.5 Å². The van der Waals surface area contributed by atoms with Crippen molar-refractivity contribution in [2.45, 2.75) is 20.3 Å². The lowest BCUT2D eigenvalue weighted by atomic mass is 10.2. The molecule has 0 atom stereocenters. The van der Waals surface area contributed by atoms with Gasteiger partial charge in [-0.3, -0.25) is 4.79 Å². The zero-order chi connectivity index (χ0) is 16.9. The van der Waals surface area contributed by atoms with Crippen molar-refractivity contribution in [3.8, 4) is 5.75 Å². The highest BCUT2D eigenvalue weighted by Gasteiger charge is 2.24. The standard InChI is InChI=1S/C17H22N4O2S/c1-3-23-14-6-4-7-18-15(14)16(22)20-8-5-9-21(11-10-20)17-19-13(2)12-24-17/h4,6-7,12H,3,5,8-11H2,1-2H3. The van der Waals surface area contributed by atoms with Crippen LogP contribution in [0.1, 0.15) is 29.5 Å². The van der Waals surface area contributed by atoms with Gasteiger partial charge in [0.2, 0.25) is 0 Å². The van der Waals surface area contributed by atoms with Crippen molar-refractivity contribution in [3.05, 3.63) is 35.1 Å². The highest BCUT2D eigenvalue weighted by Crippen LogP contribution is 2.23. The summed E-state index contributed by atoms with van der Waals surface area (Å²) in [6.07, 6.45) is 2.55. The zero-order valence-corrected chi connectivity index (χ0v) is 14.9. The molecule has 2 aromatic heterocycles. The molecule has 0 bridgehead atoms. The SMILES string of the molecule is CCOc1cccnc1C(=O)N1CCCN(c2nc(C)cs2)CC1. The van der Waals surface area contributed by atoms with Crippen LogP contribution in [0.5, 0.6) is 5.75 Å². The molecule has 3 rings (SSSR count). The Morgan fingerprint density at radius 3 is 2.96 bits per heavy atom. The van der Waals surface area contributed by atoms with Gasteiger partial charge in [0.1, 0.15) is 0 Å². The van der Waals surface area contributed by atoms with E-state index in [2.05, 4.69) is 20.2 Å². The quantitative estimate of drug-likeness (QED) is 0.852. The summed E-state index contributed by atoms with van der Waals surface area (Å²) < 4.78 is 5.54. The van der Waals surface area contributed by atoms with Crippen molar-refractivity contribution in [2.24, 2.45) is 0 Å². The third-order valence-electron chi connectivity index (χ3n) is 3.93. The van der Waals surface area contributed by atoms with Crippen LogP contribution >= 0.6 is 11.3 Å². The van der Waals surface area contributed by atoms with E-state index in [1.807, 2.05) is 18.7 Å². The molecule has 0 spiro atoms. The van der Waals surface area contributed by atoms with Gasteiger partial charge in [0.15, 0.2) is 16.6 Å². The Balaban J connectivity index is 1.71. The minimum Gasteiger partial charge on any atom is -0.491 e. The van der Waals surface area contributed by atoms with Gasteiger partial charge >= 0.3 is 0 Å². The van der Waals surface area contributed by atoms with E-state index >= 15 is 0 Å². The topological polar surface area (TPSA) is 58.6 Å². The molecule has 3 heterocycles. The van der Waals surface area contributed by atoms with Crippen LogP contribution < -0.4 is 9.64 Å². The summed E-state index contributed by atoms with van der Waals surface area (Å²) in [4.78, 5) is 25.8. The fraction of sp³-hybridized carbons (Fsp3) is 0.471. The largest absolute Gasteiger partial charge is 0.491 e. The predicted molar refractivity (Wildman–Crippen MR) is 95.0 cm³/mol. The molecule has 0 aliphatic carbocycles. The number of aryl methyl sites for hydroxylation is 1. The van der Waals surface area contributed by atoms with Crippen molar-refractivity contribution in [1.29, 1.82) is 0 Å². The second-order valence-electron chi connectivity index (χ2n) is 5.69. The normalized spacial score (nSPS) is 15.2. The van der Waals surface area contributed by atoms with E-state index in [1.54, 1.807) is 29.7 Å². The first-order valence-electron chi connectivity index (χ1n) is 8.23. The molecule has 24 heavy (non-hydrogen) atoms. The summed E-state index contributed by atoms with van der Waals surface area (Å²) in [6.45, 7) is 7.52. The average Bonchev–Trinajstić information content (AvgIpc) is 2.88. The molecule has 1 amide bonds. The Hall–Kier alpha value is -2.15. The van der Waals surface area contributed by atoms with Crippen LogP contribution in [-0.2, 0) is 0 Å². The van der Waals surface area contributed by atoms with Gasteiger partial charge in [0.25, 0.3) is 5.91 Å². The molecule has 1 aliphatic rings. The lowest BCUT2D eigenvalue weighted by Gasteiger charge is -2.22. The number of anilines is 1. The van der Waals surface area contributed by atoms with E-state index in [9.17, 15) is 4.79 Å². The van der Waals surface area contributed by atoms with Gasteiger partial charge in [-0.05, 0) is 32.4 Å². The smallest absolute Gasteiger partial charge is 0.276 e. The van der Waals surface area contributed by atoms with Gasteiger partial charge in [0, 0.05) is 37.8 Å². The van der Waals surface area contributed by atoms with Gasteiger partial charge in [0.05, 0.1) is 12.3 Å². The minimum atomic E-state index is -0.0591. The minimum absolute atomic E-state index is 0.0591. The molecule has 1 aliphatic heterocycles. The Morgan fingerprint density at radius 2 is 2.21 bits per heavy atom. The molecule has 2 aromatic rings. The summed E-state index contributed by atoms with van der Waals surface area (Å²) in [5.74, 6) is 0.498. The molecule has 0 N–H and O–H groups in total. The number of pyridine rings is 1. The van der Waals surface area contributed by atoms with Crippen LogP contribution in [-0.4, -0.2) is 53.6 Å². The van der Waals surface area contributed by atoms with E-state index in [4.69, 9.17) is 4.74 Å². The summed E-state index contributed by atoms with van der Waals surface area (Å²) in [5.41, 5.74) is 1.44. The highest BCUT2D eigenvalue weighted by atomic mass is 32.1. The number of rotatable bonds is 4. The Morgan fingerprint density at radius 1 is 1.33 bits per heavy atom. The number of ether oxygens (including phenoxy) is 1. The van der Waals surface area contributed by atoms with E-state index in [-0.39, 0.29) is 5.91 Å². The number of hydrogen-bond acceptors (Lipinski definition) is 6. The van der Waals surface area contributed by atoms with Crippen LogP contribution in [0.2, 0.25) is 0 Å². The lowest BCUT2D eigenvalue weighted by Crippen LogP contribution is -2.35. The summed E-state index contributed by atoms with van der Waals surface area (Å²) in [6, 6.07) is 3.59. The molecular weight excluding hydrogens is 324 g/mol. The van der Waals surface area contributed by atoms with E-state index in [1.165, 1.54) is 0 Å². The van der Waals surface area contributed by atoms with E-state index in [0.29, 0.717) is 24.6 Å². The monoisotopic (exact) mass is 346 g/mol. The molecule has 7 heteroatoms. The fourth-order valence-electron chi connectivity index (χ4n) is 2.77. The summed E-state index contributed by atoms with van der Waals surface area (Å²) >= 11 is 1.66. The Kier molecular flexibility index (Phi) is 5.30. The molecule has 128 valence electrons. The number of thiazole rings is 1. The number of carbonyl (C=O) groups is 1. The molecule has 6 nitrogen and oxygen atoms in total. The van der Waals surface area contributed by atoms with Gasteiger partial charge in [-0.2, -0.15) is 0 Å². The molecule has 1 fully saturated rings. The second-order valence-corrected chi connectivity index (χ2v) is 6.52. The van der Waals surface area contributed by atoms with Gasteiger partial charge in [-0.1, -0.05) is 0 Å². The maximum Gasteiger partial charge on any atom is 0.276 e. The van der Waals surface area contributed by atoms with Crippen molar-refractivity contribution < 1.29 is 9.53 Å². The second kappa shape index (κ2) is 7.61. The molecule has 0 unspecified atom stereocenters. The van der Waals surface area contributed by atoms with Crippen molar-refractivity contribution >= 4 is 22.4 Å². The predicted octanol–water partition coefficient (Wildman–Crippen LogP) is 2.60. The van der Waals surface area contributed by atoms with E-state index in [0.717, 1.165) is 36.9 Å². The average molecular weight is 346 g/mol. The molecule has 0 aromatic carbocycles. The zero-order valence-electron chi connectivity index (χ0n) is 14.1. The number of hydrogen-bond donors (Lipinski definition) is 0. The molecule has 0 saturated carbocycles. The molecule has 0 radical (unpaired) electrons. The van der Waals surface area contributed by atoms with Crippen LogP contribution in [0.3, 0.4) is 0 Å². The fourth-order valence-corrected chi connectivity index (χ4v) is 3.63. The van der Waals surface area contributed by atoms with Crippen LogP contribution in [0.15, 0.2) is 23.7 Å². The number of amides is 1. The lowest BCUT2D eigenvalue weighted by molar-refractivity contribution is 0.0756. The summed E-state index contributed by atoms with van der Waals surface area (Å²) in [5, 5.41) is 3.10. The first kappa shape index (κ1) is 16.7. The molecular formula is C17H22N4O2S. The van der Waals surface area contributed by atoms with Crippen molar-refractivity contribution in [2.75, 3.05) is 37.7 Å². The van der Waals surface area contributed by atoms with Crippen LogP contribution in [0.4, 0.5) is 5.13 Å².